The maximum atomic E-state index is 12.7. The second-order valence-corrected chi connectivity index (χ2v) is 2.68. The van der Waals surface area contributed by atoms with Gasteiger partial charge in [0.2, 0.25) is 0 Å². The van der Waals surface area contributed by atoms with Crippen LogP contribution in [-0.2, 0) is 0 Å². The predicted octanol–water partition coefficient (Wildman–Crippen LogP) is 3.17. The molecule has 0 N–H and O–H groups in total. The second kappa shape index (κ2) is 3.84. The molecule has 0 aromatic carbocycles. The van der Waals surface area contributed by atoms with Crippen molar-refractivity contribution in [2.45, 2.75) is 45.2 Å². The molecule has 1 unspecified atom stereocenters. The highest BCUT2D eigenvalue weighted by molar-refractivity contribution is 4.75. The van der Waals surface area contributed by atoms with E-state index in [9.17, 15) is 13.2 Å². The lowest BCUT2D eigenvalue weighted by atomic mass is 10.0. The molecule has 0 radical (unpaired) electrons. The molecule has 0 heterocycles. The first-order valence-electron chi connectivity index (χ1n) is 3.47. The lowest BCUT2D eigenvalue weighted by Crippen LogP contribution is -2.27. The number of alkyl halides is 3. The van der Waals surface area contributed by atoms with Crippen molar-refractivity contribution < 1.29 is 13.2 Å². The molecule has 0 aliphatic carbocycles. The van der Waals surface area contributed by atoms with Crippen LogP contribution >= 0.6 is 0 Å². The van der Waals surface area contributed by atoms with E-state index in [0.29, 0.717) is 6.42 Å². The third kappa shape index (κ3) is 3.08. The molecule has 0 saturated carbocycles. The van der Waals surface area contributed by atoms with Gasteiger partial charge in [-0.25, -0.2) is 13.2 Å². The molecule has 0 spiro atoms. The van der Waals surface area contributed by atoms with Gasteiger partial charge in [-0.05, 0) is 13.3 Å². The van der Waals surface area contributed by atoms with Gasteiger partial charge < -0.3 is 0 Å². The van der Waals surface area contributed by atoms with Gasteiger partial charge in [0.1, 0.15) is 0 Å². The van der Waals surface area contributed by atoms with E-state index in [1.54, 1.807) is 0 Å². The molecule has 0 saturated heterocycles. The molecule has 0 aliphatic heterocycles. The van der Waals surface area contributed by atoms with Crippen molar-refractivity contribution in [3.63, 3.8) is 0 Å². The van der Waals surface area contributed by atoms with Crippen LogP contribution in [0.15, 0.2) is 0 Å². The number of hydrogen-bond acceptors (Lipinski definition) is 0. The Balaban J connectivity index is 3.63. The van der Waals surface area contributed by atoms with Crippen molar-refractivity contribution in [2.24, 2.45) is 0 Å². The van der Waals surface area contributed by atoms with E-state index < -0.39 is 12.1 Å². The molecular weight excluding hydrogens is 141 g/mol. The minimum Gasteiger partial charge on any atom is -0.238 e. The summed E-state index contributed by atoms with van der Waals surface area (Å²) in [5.74, 6) is 0. The van der Waals surface area contributed by atoms with E-state index >= 15 is 0 Å². The summed E-state index contributed by atoms with van der Waals surface area (Å²) < 4.78 is 36.2. The van der Waals surface area contributed by atoms with Crippen molar-refractivity contribution in [3.05, 3.63) is 0 Å². The van der Waals surface area contributed by atoms with Gasteiger partial charge in [0.15, 0.2) is 5.67 Å². The Labute approximate surface area is 59.4 Å². The topological polar surface area (TPSA) is 0 Å². The van der Waals surface area contributed by atoms with Gasteiger partial charge in [-0.2, -0.15) is 0 Å². The average molecular weight is 154 g/mol. The molecule has 0 aromatic heterocycles. The van der Waals surface area contributed by atoms with E-state index in [1.807, 2.05) is 6.92 Å². The molecule has 62 valence electrons. The molecule has 0 amide bonds. The van der Waals surface area contributed by atoms with E-state index in [0.717, 1.165) is 13.3 Å². The summed E-state index contributed by atoms with van der Waals surface area (Å²) in [6.07, 6.45) is -1.61. The summed E-state index contributed by atoms with van der Waals surface area (Å²) in [6, 6.07) is 0. The molecule has 0 nitrogen and oxygen atoms in total. The van der Waals surface area contributed by atoms with Crippen LogP contribution in [0.4, 0.5) is 13.2 Å². The third-order valence-corrected chi connectivity index (χ3v) is 1.47. The van der Waals surface area contributed by atoms with Gasteiger partial charge in [0, 0.05) is 0 Å². The van der Waals surface area contributed by atoms with Gasteiger partial charge >= 0.3 is 0 Å². The first kappa shape index (κ1) is 9.79. The second-order valence-electron chi connectivity index (χ2n) is 2.68. The van der Waals surface area contributed by atoms with Crippen LogP contribution in [0.5, 0.6) is 0 Å². The van der Waals surface area contributed by atoms with Gasteiger partial charge in [-0.1, -0.05) is 19.8 Å². The van der Waals surface area contributed by atoms with Gasteiger partial charge in [0.05, 0.1) is 0 Å². The van der Waals surface area contributed by atoms with Crippen LogP contribution in [0, 0.1) is 0 Å². The van der Waals surface area contributed by atoms with Crippen LogP contribution in [0.2, 0.25) is 0 Å². The van der Waals surface area contributed by atoms with Crippen molar-refractivity contribution in [2.75, 3.05) is 0 Å². The minimum atomic E-state index is -2.85. The number of halogens is 3. The fourth-order valence-electron chi connectivity index (χ4n) is 0.632. The lowest BCUT2D eigenvalue weighted by Gasteiger charge is -2.17. The minimum absolute atomic E-state index is 0.0405. The van der Waals surface area contributed by atoms with E-state index in [4.69, 9.17) is 0 Å². The van der Waals surface area contributed by atoms with Crippen molar-refractivity contribution in [3.8, 4) is 0 Å². The normalized spacial score (nSPS) is 17.4. The molecule has 0 aromatic rings. The van der Waals surface area contributed by atoms with Crippen molar-refractivity contribution in [1.82, 2.24) is 0 Å². The highest BCUT2D eigenvalue weighted by Crippen LogP contribution is 2.25. The summed E-state index contributed by atoms with van der Waals surface area (Å²) in [7, 11) is 0. The first-order chi connectivity index (χ1) is 4.50. The van der Waals surface area contributed by atoms with Crippen LogP contribution in [0.1, 0.15) is 33.1 Å². The third-order valence-electron chi connectivity index (χ3n) is 1.47. The zero-order valence-electron chi connectivity index (χ0n) is 6.33. The molecular formula is C7H13F3. The maximum absolute atomic E-state index is 12.7. The zero-order chi connectivity index (χ0) is 8.20. The summed E-state index contributed by atoms with van der Waals surface area (Å²) >= 11 is 0. The van der Waals surface area contributed by atoms with Crippen LogP contribution in [0.25, 0.3) is 0 Å². The Kier molecular flexibility index (Phi) is 3.76. The molecule has 0 rings (SSSR count). The standard InChI is InChI=1S/C7H13F3/c1-3-4-5-7(2,10)6(8)9/h6H,3-5H2,1-2H3. The quantitative estimate of drug-likeness (QED) is 0.583. The maximum Gasteiger partial charge on any atom is 0.271 e. The lowest BCUT2D eigenvalue weighted by molar-refractivity contribution is -0.0284. The zero-order valence-corrected chi connectivity index (χ0v) is 6.33. The molecule has 10 heavy (non-hydrogen) atoms. The fourth-order valence-corrected chi connectivity index (χ4v) is 0.632. The van der Waals surface area contributed by atoms with Crippen LogP contribution < -0.4 is 0 Å². The Morgan fingerprint density at radius 1 is 1.40 bits per heavy atom. The van der Waals surface area contributed by atoms with Gasteiger partial charge in [-0.3, -0.25) is 0 Å². The summed E-state index contributed by atoms with van der Waals surface area (Å²) in [4.78, 5) is 0. The summed E-state index contributed by atoms with van der Waals surface area (Å²) in [5, 5.41) is 0. The highest BCUT2D eigenvalue weighted by atomic mass is 19.3. The Morgan fingerprint density at radius 2 is 1.90 bits per heavy atom. The Morgan fingerprint density at radius 3 is 2.20 bits per heavy atom. The molecule has 0 fully saturated rings. The number of rotatable bonds is 4. The fraction of sp³-hybridized carbons (Fsp3) is 1.00. The first-order valence-corrected chi connectivity index (χ1v) is 3.47. The summed E-state index contributed by atoms with van der Waals surface area (Å²) in [5.41, 5.74) is -2.28. The number of hydrogen-bond donors (Lipinski definition) is 0. The number of unbranched alkanes of at least 4 members (excludes halogenated alkanes) is 1. The Hall–Kier alpha value is -0.210. The molecule has 3 heteroatoms. The molecule has 1 atom stereocenters. The largest absolute Gasteiger partial charge is 0.271 e. The summed E-state index contributed by atoms with van der Waals surface area (Å²) in [6.45, 7) is 2.80. The van der Waals surface area contributed by atoms with Crippen molar-refractivity contribution >= 4 is 0 Å². The smallest absolute Gasteiger partial charge is 0.238 e. The van der Waals surface area contributed by atoms with Gasteiger partial charge in [-0.15, -0.1) is 0 Å². The monoisotopic (exact) mass is 154 g/mol. The van der Waals surface area contributed by atoms with Crippen molar-refractivity contribution in [1.29, 1.82) is 0 Å². The average Bonchev–Trinajstić information content (AvgIpc) is 1.84. The van der Waals surface area contributed by atoms with Gasteiger partial charge in [0.25, 0.3) is 6.43 Å². The van der Waals surface area contributed by atoms with E-state index in [2.05, 4.69) is 0 Å². The predicted molar refractivity (Wildman–Crippen MR) is 35.0 cm³/mol. The van der Waals surface area contributed by atoms with Crippen LogP contribution in [0.3, 0.4) is 0 Å². The SMILES string of the molecule is CCCCC(C)(F)C(F)F. The Bertz CT molecular complexity index is 88.9. The molecule has 0 aliphatic rings. The van der Waals surface area contributed by atoms with E-state index in [1.165, 1.54) is 0 Å². The van der Waals surface area contributed by atoms with E-state index in [-0.39, 0.29) is 6.42 Å². The highest BCUT2D eigenvalue weighted by Gasteiger charge is 2.33. The molecule has 0 bridgehead atoms. The van der Waals surface area contributed by atoms with Crippen LogP contribution in [-0.4, -0.2) is 12.1 Å².